The van der Waals surface area contributed by atoms with Crippen molar-refractivity contribution in [2.75, 3.05) is 11.1 Å². The molecular weight excluding hydrogens is 334 g/mol. The molecule has 1 unspecified atom stereocenters. The maximum Gasteiger partial charge on any atom is 0.426 e. The first-order valence-electron chi connectivity index (χ1n) is 5.73. The summed E-state index contributed by atoms with van der Waals surface area (Å²) in [5.41, 5.74) is -3.95. The first-order chi connectivity index (χ1) is 9.52. The van der Waals surface area contributed by atoms with E-state index in [2.05, 4.69) is 0 Å². The van der Waals surface area contributed by atoms with Crippen LogP contribution >= 0.6 is 23.4 Å². The highest BCUT2D eigenvalue weighted by molar-refractivity contribution is 7.99. The van der Waals surface area contributed by atoms with Gasteiger partial charge in [0.15, 0.2) is 5.82 Å². The van der Waals surface area contributed by atoms with Crippen molar-refractivity contribution in [3.63, 3.8) is 0 Å². The number of hydrogen-bond donors (Lipinski definition) is 2. The third kappa shape index (κ3) is 3.81. The number of benzene rings is 1. The van der Waals surface area contributed by atoms with E-state index in [0.29, 0.717) is 12.7 Å². The third-order valence-corrected chi connectivity index (χ3v) is 3.87. The maximum atomic E-state index is 13.8. The molecule has 1 rings (SSSR count). The molecule has 1 aromatic carbocycles. The lowest BCUT2D eigenvalue weighted by molar-refractivity contribution is -0.242. The average molecular weight is 346 g/mol. The van der Waals surface area contributed by atoms with Crippen molar-refractivity contribution in [1.29, 1.82) is 0 Å². The normalized spacial score (nSPS) is 14.7. The highest BCUT2D eigenvalue weighted by Crippen LogP contribution is 2.35. The van der Waals surface area contributed by atoms with E-state index in [1.165, 1.54) is 12.1 Å². The number of rotatable bonds is 4. The monoisotopic (exact) mass is 345 g/mol. The summed E-state index contributed by atoms with van der Waals surface area (Å²) >= 11 is 6.83. The number of alkyl halides is 3. The Bertz CT molecular complexity index is 549. The quantitative estimate of drug-likeness (QED) is 0.644. The first kappa shape index (κ1) is 18.1. The van der Waals surface area contributed by atoms with Gasteiger partial charge in [-0.2, -0.15) is 13.2 Å². The van der Waals surface area contributed by atoms with Gasteiger partial charge in [0.1, 0.15) is 5.02 Å². The highest BCUT2D eigenvalue weighted by Gasteiger charge is 2.55. The zero-order valence-electron chi connectivity index (χ0n) is 11.0. The molecule has 0 saturated carbocycles. The predicted octanol–water partition coefficient (Wildman–Crippen LogP) is 3.84. The van der Waals surface area contributed by atoms with Gasteiger partial charge in [0, 0.05) is 4.90 Å². The molecule has 3 nitrogen and oxygen atoms in total. The summed E-state index contributed by atoms with van der Waals surface area (Å²) in [6.07, 6.45) is -5.17. The molecular formula is C12H12ClF4NO2S. The smallest absolute Gasteiger partial charge is 0.373 e. The Balaban J connectivity index is 3.05. The fourth-order valence-electron chi connectivity index (χ4n) is 1.27. The van der Waals surface area contributed by atoms with Gasteiger partial charge in [0.2, 0.25) is 5.60 Å². The summed E-state index contributed by atoms with van der Waals surface area (Å²) in [7, 11) is 0. The Morgan fingerprint density at radius 3 is 2.48 bits per heavy atom. The fourth-order valence-corrected chi connectivity index (χ4v) is 2.24. The topological polar surface area (TPSA) is 49.3 Å². The minimum absolute atomic E-state index is 0.211. The number of hydrogen-bond acceptors (Lipinski definition) is 3. The zero-order valence-corrected chi connectivity index (χ0v) is 12.6. The minimum atomic E-state index is -5.17. The van der Waals surface area contributed by atoms with Crippen molar-refractivity contribution in [3.05, 3.63) is 23.0 Å². The van der Waals surface area contributed by atoms with Gasteiger partial charge in [-0.15, -0.1) is 11.8 Å². The van der Waals surface area contributed by atoms with Crippen LogP contribution in [0.15, 0.2) is 17.0 Å². The average Bonchev–Trinajstić information content (AvgIpc) is 2.37. The van der Waals surface area contributed by atoms with Crippen LogP contribution in [0.25, 0.3) is 0 Å². The largest absolute Gasteiger partial charge is 0.426 e. The molecule has 1 amide bonds. The molecule has 0 radical (unpaired) electrons. The van der Waals surface area contributed by atoms with Crippen molar-refractivity contribution >= 4 is 35.0 Å². The third-order valence-electron chi connectivity index (χ3n) is 2.59. The summed E-state index contributed by atoms with van der Waals surface area (Å²) in [6.45, 7) is 2.09. The molecule has 2 N–H and O–H groups in total. The van der Waals surface area contributed by atoms with E-state index in [9.17, 15) is 27.5 Å². The van der Waals surface area contributed by atoms with Crippen molar-refractivity contribution in [1.82, 2.24) is 0 Å². The fraction of sp³-hybridized carbons (Fsp3) is 0.417. The number of halogens is 5. The van der Waals surface area contributed by atoms with E-state index in [0.717, 1.165) is 11.8 Å². The molecule has 0 bridgehead atoms. The van der Waals surface area contributed by atoms with Crippen molar-refractivity contribution in [2.45, 2.75) is 30.5 Å². The standard InChI is InChI=1S/C12H12ClF4NO2S/c1-3-21-7-5-4-6(8(13)9(7)14)18-10(19)11(2,20)12(15,16)17/h4-5,20H,3H2,1-2H3,(H,18,19). The Hall–Kier alpha value is -0.990. The number of aliphatic hydroxyl groups is 1. The van der Waals surface area contributed by atoms with E-state index < -0.39 is 28.5 Å². The van der Waals surface area contributed by atoms with E-state index in [4.69, 9.17) is 11.6 Å². The Morgan fingerprint density at radius 2 is 2.00 bits per heavy atom. The number of amides is 1. The minimum Gasteiger partial charge on any atom is -0.373 e. The second-order valence-corrected chi connectivity index (χ2v) is 5.88. The molecule has 118 valence electrons. The molecule has 21 heavy (non-hydrogen) atoms. The molecule has 0 heterocycles. The lowest BCUT2D eigenvalue weighted by Gasteiger charge is -2.25. The molecule has 0 saturated heterocycles. The van der Waals surface area contributed by atoms with Crippen LogP contribution in [0.4, 0.5) is 23.2 Å². The number of anilines is 1. The van der Waals surface area contributed by atoms with E-state index in [-0.39, 0.29) is 10.6 Å². The molecule has 0 fully saturated rings. The molecule has 0 spiro atoms. The lowest BCUT2D eigenvalue weighted by Crippen LogP contribution is -2.52. The Labute approximate surface area is 127 Å². The van der Waals surface area contributed by atoms with E-state index in [1.807, 2.05) is 0 Å². The van der Waals surface area contributed by atoms with Crippen molar-refractivity contribution in [2.24, 2.45) is 0 Å². The molecule has 9 heteroatoms. The Morgan fingerprint density at radius 1 is 1.43 bits per heavy atom. The van der Waals surface area contributed by atoms with Gasteiger partial charge in [-0.1, -0.05) is 18.5 Å². The van der Waals surface area contributed by atoms with Gasteiger partial charge in [0.05, 0.1) is 5.69 Å². The van der Waals surface area contributed by atoms with E-state index in [1.54, 1.807) is 12.2 Å². The van der Waals surface area contributed by atoms with Crippen LogP contribution in [0.5, 0.6) is 0 Å². The summed E-state index contributed by atoms with van der Waals surface area (Å²) < 4.78 is 51.4. The zero-order chi connectivity index (χ0) is 16.4. The SMILES string of the molecule is CCSc1ccc(NC(=O)C(C)(O)C(F)(F)F)c(Cl)c1F. The number of carbonyl (C=O) groups is 1. The lowest BCUT2D eigenvalue weighted by atomic mass is 10.1. The van der Waals surface area contributed by atoms with E-state index >= 15 is 0 Å². The van der Waals surface area contributed by atoms with Gasteiger partial charge < -0.3 is 10.4 Å². The second-order valence-electron chi connectivity index (χ2n) is 4.20. The van der Waals surface area contributed by atoms with Crippen LogP contribution in [0.3, 0.4) is 0 Å². The van der Waals surface area contributed by atoms with Crippen LogP contribution < -0.4 is 5.32 Å². The number of thioether (sulfide) groups is 1. The maximum absolute atomic E-state index is 13.8. The summed E-state index contributed by atoms with van der Waals surface area (Å²) in [5, 5.41) is 10.5. The molecule has 0 aromatic heterocycles. The van der Waals surface area contributed by atoms with Crippen molar-refractivity contribution in [3.8, 4) is 0 Å². The van der Waals surface area contributed by atoms with Gasteiger partial charge in [-0.25, -0.2) is 4.39 Å². The van der Waals surface area contributed by atoms with Gasteiger partial charge in [-0.05, 0) is 24.8 Å². The van der Waals surface area contributed by atoms with Crippen LogP contribution in [0, 0.1) is 5.82 Å². The molecule has 0 aliphatic carbocycles. The molecule has 0 aliphatic rings. The number of carbonyl (C=O) groups excluding carboxylic acids is 1. The number of nitrogens with one attached hydrogen (secondary N) is 1. The first-order valence-corrected chi connectivity index (χ1v) is 7.10. The Kier molecular flexibility index (Phi) is 5.51. The summed E-state index contributed by atoms with van der Waals surface area (Å²) in [4.78, 5) is 11.7. The summed E-state index contributed by atoms with van der Waals surface area (Å²) in [6, 6.07) is 2.46. The van der Waals surface area contributed by atoms with Crippen molar-refractivity contribution < 1.29 is 27.5 Å². The van der Waals surface area contributed by atoms with Crippen LogP contribution in [-0.2, 0) is 4.79 Å². The molecule has 1 aromatic rings. The van der Waals surface area contributed by atoms with Gasteiger partial charge in [-0.3, -0.25) is 4.79 Å². The van der Waals surface area contributed by atoms with Crippen LogP contribution in [-0.4, -0.2) is 28.5 Å². The van der Waals surface area contributed by atoms with Gasteiger partial charge >= 0.3 is 6.18 Å². The molecule has 0 aliphatic heterocycles. The van der Waals surface area contributed by atoms with Crippen LogP contribution in [0.1, 0.15) is 13.8 Å². The van der Waals surface area contributed by atoms with Crippen LogP contribution in [0.2, 0.25) is 5.02 Å². The predicted molar refractivity (Wildman–Crippen MR) is 73.1 cm³/mol. The second kappa shape index (κ2) is 6.41. The molecule has 1 atom stereocenters. The van der Waals surface area contributed by atoms with Gasteiger partial charge in [0.25, 0.3) is 5.91 Å². The highest BCUT2D eigenvalue weighted by atomic mass is 35.5. The summed E-state index contributed by atoms with van der Waals surface area (Å²) in [5.74, 6) is -2.01.